The standard InChI is InChI=1S/C31H62N4O2.C27H54N4O2.C26H52N4O2.C22H44N4O2/c1-3-5-7-9-10-11-12-13-14-15-16-17-18-20-22-26-30(37)35-28(24-23-27-34-31(32)33)29(36)25-21-19-8-6-4-2;1-3-5-6-7-8-9-10-11-12-13-14-15-16-17-18-22-26(33)31-24(25(32)20-4-2)21-19-23-30-27(28)29;1-3-5-6-7-8-9-10-11-12-13-14-15-16-17-18-21-25(32)30-23(24(31)4-2)20-19-22-29-26(27)28;1-3-5-6-7-8-9-10-11-12-17-21(28)26-19(20(27)15-4-2)16-13-14-18-25-22(23)24/h28H,3-27H2,1-2H3,(H,35,37)(H4,32,33,34);24H,3-23H2,1-2H3,(H,31,33)(H4,28,29,30);23H,3-22H2,1-2H3,(H,30,32)(H4,27,28,29);19H,3-18H2,1-2H3,(H,26,28)(H4,23,24,25)/p+3. The van der Waals surface area contributed by atoms with Crippen LogP contribution in [0, 0.1) is 0 Å². The molecule has 0 aliphatic rings. The van der Waals surface area contributed by atoms with E-state index in [1.165, 1.54) is 315 Å². The Hall–Kier alpha value is -6.36. The van der Waals surface area contributed by atoms with Crippen LogP contribution in [0.25, 0.3) is 0 Å². The summed E-state index contributed by atoms with van der Waals surface area (Å²) in [4.78, 5) is 111. The molecule has 0 fully saturated rings. The first kappa shape index (κ1) is 130. The number of unbranched alkanes of at least 4 members (excludes halogenated alkanes) is 55. The monoisotopic (exact) mass is 1840 g/mol. The molecule has 4 atom stereocenters. The fourth-order valence-electron chi connectivity index (χ4n) is 16.3. The highest BCUT2D eigenvalue weighted by Crippen LogP contribution is 2.20. The van der Waals surface area contributed by atoms with Gasteiger partial charge < -0.3 is 32.7 Å². The average molecular weight is 1840 g/mol. The van der Waals surface area contributed by atoms with E-state index in [0.29, 0.717) is 103 Å². The van der Waals surface area contributed by atoms with Gasteiger partial charge in [-0.05, 0) is 103 Å². The van der Waals surface area contributed by atoms with Gasteiger partial charge in [-0.2, -0.15) is 0 Å². The van der Waals surface area contributed by atoms with Gasteiger partial charge in [-0.25, -0.2) is 0 Å². The summed E-state index contributed by atoms with van der Waals surface area (Å²) in [5, 5.41) is 11.8. The molecule has 0 aromatic carbocycles. The Kier molecular flexibility index (Phi) is 105. The molecule has 764 valence electrons. The maximum atomic E-state index is 12.8. The number of amides is 4. The van der Waals surface area contributed by atoms with Crippen molar-refractivity contribution in [1.82, 2.24) is 21.3 Å². The second-order valence-electron chi connectivity index (χ2n) is 37.4. The summed E-state index contributed by atoms with van der Waals surface area (Å²) < 4.78 is 0. The number of ketones is 4. The number of nitrogens with zero attached hydrogens (tertiary/aromatic N) is 1. The minimum Gasteiger partial charge on any atom is -0.370 e. The van der Waals surface area contributed by atoms with E-state index >= 15 is 0 Å². The van der Waals surface area contributed by atoms with E-state index in [2.05, 4.69) is 75.9 Å². The lowest BCUT2D eigenvalue weighted by molar-refractivity contribution is -0.460. The van der Waals surface area contributed by atoms with Crippen LogP contribution in [0.2, 0.25) is 0 Å². The number of Topliss-reactive ketones (excluding diaryl/α,β-unsaturated/α-hetero) is 4. The number of carbonyl (C=O) groups is 8. The normalized spacial score (nSPS) is 11.8. The van der Waals surface area contributed by atoms with Crippen LogP contribution in [-0.4, -0.2) is 121 Å². The van der Waals surface area contributed by atoms with Gasteiger partial charge in [-0.3, -0.25) is 92.7 Å². The summed E-state index contributed by atoms with van der Waals surface area (Å²) in [6.45, 7) is 19.4. The fraction of sp³-hybridized carbons (Fsp3) is 0.887. The lowest BCUT2D eigenvalue weighted by atomic mass is 10.00. The number of aliphatic imine (C=N–C) groups is 1. The van der Waals surface area contributed by atoms with Crippen molar-refractivity contribution in [2.24, 2.45) is 50.9 Å². The van der Waals surface area contributed by atoms with E-state index in [9.17, 15) is 38.4 Å². The summed E-state index contributed by atoms with van der Waals surface area (Å²) in [6, 6.07) is -1.56. The molecule has 0 saturated heterocycles. The minimum absolute atomic E-state index is 0.00150. The van der Waals surface area contributed by atoms with Gasteiger partial charge in [-0.15, -0.1) is 0 Å². The molecule has 0 heterocycles. The van der Waals surface area contributed by atoms with E-state index in [1.54, 1.807) is 0 Å². The first-order valence-corrected chi connectivity index (χ1v) is 54.7. The highest BCUT2D eigenvalue weighted by Gasteiger charge is 2.24. The highest BCUT2D eigenvalue weighted by molar-refractivity contribution is 5.91. The summed E-state index contributed by atoms with van der Waals surface area (Å²) in [6.07, 6.45) is 87.6. The van der Waals surface area contributed by atoms with Crippen LogP contribution in [0.5, 0.6) is 0 Å². The zero-order valence-electron chi connectivity index (χ0n) is 86.1. The third-order valence-corrected chi connectivity index (χ3v) is 24.5. The van der Waals surface area contributed by atoms with Gasteiger partial charge in [0.05, 0.1) is 43.8 Å². The van der Waals surface area contributed by atoms with Gasteiger partial charge in [0.15, 0.2) is 29.1 Å². The third kappa shape index (κ3) is 102. The van der Waals surface area contributed by atoms with E-state index in [1.807, 2.05) is 20.8 Å². The van der Waals surface area contributed by atoms with Crippen LogP contribution >= 0.6 is 0 Å². The fourth-order valence-corrected chi connectivity index (χ4v) is 16.3. The van der Waals surface area contributed by atoms with Crippen LogP contribution in [0.3, 0.4) is 0 Å². The minimum atomic E-state index is -0.398. The first-order chi connectivity index (χ1) is 63.0. The Labute approximate surface area is 798 Å². The second-order valence-corrected chi connectivity index (χ2v) is 37.4. The van der Waals surface area contributed by atoms with Crippen molar-refractivity contribution in [3.63, 3.8) is 0 Å². The van der Waals surface area contributed by atoms with Gasteiger partial charge in [0.25, 0.3) is 0 Å². The van der Waals surface area contributed by atoms with E-state index in [-0.39, 0.29) is 76.6 Å². The van der Waals surface area contributed by atoms with Gasteiger partial charge >= 0.3 is 17.9 Å². The van der Waals surface area contributed by atoms with E-state index in [0.717, 1.165) is 109 Å². The van der Waals surface area contributed by atoms with Crippen molar-refractivity contribution in [2.75, 3.05) is 26.2 Å². The molecule has 4 amide bonds. The molecule has 0 rings (SSSR count). The quantitative estimate of drug-likeness (QED) is 0.0153. The van der Waals surface area contributed by atoms with Crippen LogP contribution in [0.4, 0.5) is 0 Å². The summed E-state index contributed by atoms with van der Waals surface area (Å²) in [5.74, 6) is 1.13. The smallest absolute Gasteiger partial charge is 0.338 e. The molecule has 0 radical (unpaired) electrons. The Morgan fingerprint density at radius 3 is 0.585 bits per heavy atom. The summed E-state index contributed by atoms with van der Waals surface area (Å²) in [7, 11) is 0. The van der Waals surface area contributed by atoms with E-state index < -0.39 is 18.1 Å². The van der Waals surface area contributed by atoms with Gasteiger partial charge in [0.1, 0.15) is 0 Å². The highest BCUT2D eigenvalue weighted by atomic mass is 16.2. The molecule has 130 heavy (non-hydrogen) atoms. The van der Waals surface area contributed by atoms with Crippen LogP contribution in [-0.2, 0) is 38.4 Å². The molecular weight excluding hydrogens is 1630 g/mol. The predicted octanol–water partition coefficient (Wildman–Crippen LogP) is 18.1. The predicted molar refractivity (Wildman–Crippen MR) is 552 cm³/mol. The topological polar surface area (TPSA) is 447 Å². The Bertz CT molecular complexity index is 2700. The van der Waals surface area contributed by atoms with Crippen LogP contribution in [0.15, 0.2) is 4.99 Å². The number of guanidine groups is 4. The zero-order valence-corrected chi connectivity index (χ0v) is 86.1. The Balaban J connectivity index is -0.000000818. The molecule has 0 saturated carbocycles. The van der Waals surface area contributed by atoms with E-state index in [4.69, 9.17) is 45.9 Å². The number of nitrogens with one attached hydrogen (secondary N) is 7. The van der Waals surface area contributed by atoms with Gasteiger partial charge in [0, 0.05) is 57.9 Å². The van der Waals surface area contributed by atoms with Crippen LogP contribution < -0.4 is 82.1 Å². The van der Waals surface area contributed by atoms with Crippen molar-refractivity contribution in [1.29, 1.82) is 0 Å². The summed E-state index contributed by atoms with van der Waals surface area (Å²) >= 11 is 0. The van der Waals surface area contributed by atoms with Crippen molar-refractivity contribution in [3.05, 3.63) is 0 Å². The molecule has 24 nitrogen and oxygen atoms in total. The lowest BCUT2D eigenvalue weighted by Gasteiger charge is -2.17. The average Bonchev–Trinajstić information content (AvgIpc) is 0.947. The molecule has 23 N–H and O–H groups in total. The largest absolute Gasteiger partial charge is 0.370 e. The van der Waals surface area contributed by atoms with Crippen LogP contribution in [0.1, 0.15) is 556 Å². The molecular formula is C106H215N16O8+3. The maximum Gasteiger partial charge on any atom is 0.338 e. The summed E-state index contributed by atoms with van der Waals surface area (Å²) in [5.41, 5.74) is 43.0. The van der Waals surface area contributed by atoms with Crippen molar-refractivity contribution < 1.29 is 53.3 Å². The second kappa shape index (κ2) is 105. The Morgan fingerprint density at radius 1 is 0.208 bits per heavy atom. The number of hydrogen-bond donors (Lipinski definition) is 15. The zero-order chi connectivity index (χ0) is 96.9. The molecule has 24 heteroatoms. The molecule has 0 aromatic rings. The van der Waals surface area contributed by atoms with Crippen molar-refractivity contribution >= 4 is 70.6 Å². The van der Waals surface area contributed by atoms with Gasteiger partial charge in [-0.1, -0.05) is 402 Å². The first-order valence-electron chi connectivity index (χ1n) is 54.7. The molecule has 0 spiro atoms. The SMILES string of the molecule is CCCCCCCCCCCC(=O)NC(CCCCN=C(N)N)C(=O)CCC.CCCCCCCCCCCCCCCCCC(=O)NC(CCC[NH+]=C(N)N)C(=O)CC.CCCCCCCCCCCCCCCCCC(=O)NC(CCC[NH+]=C(N)N)C(=O)CCC.CCCCCCCCCCCCCCCCCC(=O)NC(CCC[NH+]=C(N)N)C(=O)CCCCCCC. The molecule has 0 aliphatic heterocycles. The Morgan fingerprint density at radius 2 is 0.392 bits per heavy atom. The van der Waals surface area contributed by atoms with Crippen molar-refractivity contribution in [3.8, 4) is 0 Å². The molecule has 0 bridgehead atoms. The number of rotatable bonds is 94. The van der Waals surface area contributed by atoms with Gasteiger partial charge in [0.2, 0.25) is 23.6 Å². The molecule has 0 aromatic heterocycles. The number of carbonyl (C=O) groups excluding carboxylic acids is 8. The van der Waals surface area contributed by atoms with Crippen molar-refractivity contribution in [2.45, 2.75) is 580 Å². The number of nitrogens with two attached hydrogens (primary N) is 8. The maximum absolute atomic E-state index is 12.8. The third-order valence-electron chi connectivity index (χ3n) is 24.5. The molecule has 4 unspecified atom stereocenters. The number of hydrogen-bond acceptors (Lipinski definition) is 9. The molecule has 0 aliphatic carbocycles. The lowest BCUT2D eigenvalue weighted by Crippen LogP contribution is -2.78.